The largest absolute Gasteiger partial charge is 0.311 e. The van der Waals surface area contributed by atoms with Gasteiger partial charge in [0.2, 0.25) is 0 Å². The van der Waals surface area contributed by atoms with Crippen LogP contribution in [-0.4, -0.2) is 12.1 Å². The van der Waals surface area contributed by atoms with Crippen LogP contribution in [0.5, 0.6) is 0 Å². The second-order valence-electron chi connectivity index (χ2n) is 7.77. The molecule has 0 aromatic heterocycles. The second-order valence-corrected chi connectivity index (χ2v) is 7.77. The number of hydrogen-bond donors (Lipinski definition) is 1. The Morgan fingerprint density at radius 3 is 2.58 bits per heavy atom. The Morgan fingerprint density at radius 1 is 1.00 bits per heavy atom. The number of rotatable bonds is 4. The molecule has 0 radical (unpaired) electrons. The summed E-state index contributed by atoms with van der Waals surface area (Å²) in [6, 6.07) is 1.60. The van der Waals surface area contributed by atoms with Crippen molar-refractivity contribution in [3.05, 3.63) is 0 Å². The van der Waals surface area contributed by atoms with E-state index < -0.39 is 0 Å². The topological polar surface area (TPSA) is 12.0 Å². The maximum Gasteiger partial charge on any atom is 0.00723 e. The molecule has 0 aliphatic heterocycles. The van der Waals surface area contributed by atoms with Crippen LogP contribution in [0.3, 0.4) is 0 Å². The van der Waals surface area contributed by atoms with E-state index in [0.29, 0.717) is 0 Å². The fourth-order valence-corrected chi connectivity index (χ4v) is 5.36. The molecule has 0 spiro atoms. The minimum atomic E-state index is 0.776. The predicted octanol–water partition coefficient (Wildman–Crippen LogP) is 4.76. The van der Waals surface area contributed by atoms with Crippen molar-refractivity contribution >= 4 is 0 Å². The van der Waals surface area contributed by atoms with Gasteiger partial charge in [0.1, 0.15) is 0 Å². The van der Waals surface area contributed by atoms with E-state index in [4.69, 9.17) is 0 Å². The lowest BCUT2D eigenvalue weighted by Crippen LogP contribution is -2.42. The molecule has 6 atom stereocenters. The minimum Gasteiger partial charge on any atom is -0.311 e. The maximum atomic E-state index is 4.03. The molecule has 0 amide bonds. The smallest absolute Gasteiger partial charge is 0.00723 e. The van der Waals surface area contributed by atoms with E-state index >= 15 is 0 Å². The van der Waals surface area contributed by atoms with Crippen molar-refractivity contribution in [3.63, 3.8) is 0 Å². The first-order chi connectivity index (χ1) is 9.26. The summed E-state index contributed by atoms with van der Waals surface area (Å²) in [5.41, 5.74) is 0. The van der Waals surface area contributed by atoms with Gasteiger partial charge in [-0.15, -0.1) is 0 Å². The lowest BCUT2D eigenvalue weighted by Gasteiger charge is -2.32. The summed E-state index contributed by atoms with van der Waals surface area (Å²) in [5.74, 6) is 4.19. The molecule has 1 nitrogen and oxygen atoms in total. The van der Waals surface area contributed by atoms with Crippen LogP contribution in [0.1, 0.15) is 78.1 Å². The van der Waals surface area contributed by atoms with E-state index in [0.717, 1.165) is 35.8 Å². The molecule has 6 unspecified atom stereocenters. The van der Waals surface area contributed by atoms with Crippen molar-refractivity contribution in [2.24, 2.45) is 23.7 Å². The Labute approximate surface area is 119 Å². The van der Waals surface area contributed by atoms with Crippen molar-refractivity contribution < 1.29 is 0 Å². The zero-order valence-corrected chi connectivity index (χ0v) is 13.0. The molecule has 1 N–H and O–H groups in total. The average molecular weight is 263 g/mol. The van der Waals surface area contributed by atoms with Crippen LogP contribution in [0.4, 0.5) is 0 Å². The predicted molar refractivity (Wildman–Crippen MR) is 82.2 cm³/mol. The number of hydrogen-bond acceptors (Lipinski definition) is 1. The van der Waals surface area contributed by atoms with Crippen LogP contribution in [0.2, 0.25) is 0 Å². The molecule has 3 aliphatic rings. The molecular formula is C18H33N. The highest BCUT2D eigenvalue weighted by Crippen LogP contribution is 2.49. The summed E-state index contributed by atoms with van der Waals surface area (Å²) in [6.07, 6.45) is 14.8. The molecule has 0 aromatic carbocycles. The van der Waals surface area contributed by atoms with Gasteiger partial charge in [-0.05, 0) is 69.1 Å². The quantitative estimate of drug-likeness (QED) is 0.721. The van der Waals surface area contributed by atoms with E-state index in [1.807, 2.05) is 0 Å². The first-order valence-electron chi connectivity index (χ1n) is 9.02. The highest BCUT2D eigenvalue weighted by Gasteiger charge is 2.42. The zero-order chi connectivity index (χ0) is 13.2. The number of fused-ring (bicyclic) bond motifs is 2. The number of nitrogens with one attached hydrogen (secondary N) is 1. The van der Waals surface area contributed by atoms with Crippen LogP contribution in [0.15, 0.2) is 0 Å². The Hall–Kier alpha value is -0.0400. The Morgan fingerprint density at radius 2 is 1.89 bits per heavy atom. The first-order valence-corrected chi connectivity index (χ1v) is 9.02. The minimum absolute atomic E-state index is 0.776. The standard InChI is InChI=1S/C18H33N/c1-3-14-5-4-6-17(10-8-14)19-13(2)18-12-15-7-9-16(18)11-15/h13-19H,3-12H2,1-2H3. The second kappa shape index (κ2) is 6.16. The molecule has 0 heterocycles. The van der Waals surface area contributed by atoms with Crippen LogP contribution < -0.4 is 5.32 Å². The molecule has 0 aromatic rings. The molecule has 1 heteroatoms. The van der Waals surface area contributed by atoms with Crippen molar-refractivity contribution in [1.29, 1.82) is 0 Å². The van der Waals surface area contributed by atoms with E-state index in [9.17, 15) is 0 Å². The molecule has 0 saturated heterocycles. The highest BCUT2D eigenvalue weighted by molar-refractivity contribution is 4.94. The maximum absolute atomic E-state index is 4.03. The summed E-state index contributed by atoms with van der Waals surface area (Å²) >= 11 is 0. The van der Waals surface area contributed by atoms with Gasteiger partial charge in [0.05, 0.1) is 0 Å². The van der Waals surface area contributed by atoms with E-state index in [1.54, 1.807) is 6.42 Å². The summed E-state index contributed by atoms with van der Waals surface area (Å²) < 4.78 is 0. The normalized spacial score (nSPS) is 44.2. The highest BCUT2D eigenvalue weighted by atomic mass is 15.0. The monoisotopic (exact) mass is 263 g/mol. The molecule has 19 heavy (non-hydrogen) atoms. The SMILES string of the molecule is CCC1CCCC(NC(C)C2CC3CCC2C3)CC1. The average Bonchev–Trinajstić information content (AvgIpc) is 2.97. The lowest BCUT2D eigenvalue weighted by atomic mass is 9.83. The first kappa shape index (κ1) is 13.9. The Kier molecular flexibility index (Phi) is 4.51. The van der Waals surface area contributed by atoms with Crippen molar-refractivity contribution in [1.82, 2.24) is 5.32 Å². The fourth-order valence-electron chi connectivity index (χ4n) is 5.36. The summed E-state index contributed by atoms with van der Waals surface area (Å²) in [5, 5.41) is 4.03. The van der Waals surface area contributed by atoms with Crippen LogP contribution in [-0.2, 0) is 0 Å². The van der Waals surface area contributed by atoms with Gasteiger partial charge in [0.25, 0.3) is 0 Å². The molecule has 3 aliphatic carbocycles. The van der Waals surface area contributed by atoms with Gasteiger partial charge in [-0.3, -0.25) is 0 Å². The van der Waals surface area contributed by atoms with Gasteiger partial charge >= 0.3 is 0 Å². The van der Waals surface area contributed by atoms with Gasteiger partial charge in [0.15, 0.2) is 0 Å². The Balaban J connectivity index is 1.48. The molecular weight excluding hydrogens is 230 g/mol. The lowest BCUT2D eigenvalue weighted by molar-refractivity contribution is 0.238. The molecule has 3 fully saturated rings. The van der Waals surface area contributed by atoms with Gasteiger partial charge in [-0.2, -0.15) is 0 Å². The molecule has 3 rings (SSSR count). The van der Waals surface area contributed by atoms with E-state index in [1.165, 1.54) is 57.8 Å². The van der Waals surface area contributed by atoms with Gasteiger partial charge in [-0.25, -0.2) is 0 Å². The van der Waals surface area contributed by atoms with Crippen molar-refractivity contribution in [3.8, 4) is 0 Å². The van der Waals surface area contributed by atoms with Crippen LogP contribution in [0, 0.1) is 23.7 Å². The van der Waals surface area contributed by atoms with E-state index in [-0.39, 0.29) is 0 Å². The summed E-state index contributed by atoms with van der Waals surface area (Å²) in [6.45, 7) is 4.85. The van der Waals surface area contributed by atoms with Gasteiger partial charge in [-0.1, -0.05) is 32.6 Å². The van der Waals surface area contributed by atoms with Gasteiger partial charge < -0.3 is 5.32 Å². The van der Waals surface area contributed by atoms with Gasteiger partial charge in [0, 0.05) is 12.1 Å². The summed E-state index contributed by atoms with van der Waals surface area (Å²) in [4.78, 5) is 0. The van der Waals surface area contributed by atoms with E-state index in [2.05, 4.69) is 19.2 Å². The third kappa shape index (κ3) is 3.17. The third-order valence-electron chi connectivity index (χ3n) is 6.60. The molecule has 3 saturated carbocycles. The summed E-state index contributed by atoms with van der Waals surface area (Å²) in [7, 11) is 0. The molecule has 110 valence electrons. The third-order valence-corrected chi connectivity index (χ3v) is 6.60. The Bertz CT molecular complexity index is 287. The fraction of sp³-hybridized carbons (Fsp3) is 1.00. The molecule has 2 bridgehead atoms. The zero-order valence-electron chi connectivity index (χ0n) is 13.0. The van der Waals surface area contributed by atoms with Crippen LogP contribution in [0.25, 0.3) is 0 Å². The van der Waals surface area contributed by atoms with Crippen molar-refractivity contribution in [2.45, 2.75) is 90.1 Å². The van der Waals surface area contributed by atoms with Crippen LogP contribution >= 0.6 is 0 Å². The van der Waals surface area contributed by atoms with Crippen molar-refractivity contribution in [2.75, 3.05) is 0 Å².